The Balaban J connectivity index is 1.45. The Hall–Kier alpha value is -3.39. The summed E-state index contributed by atoms with van der Waals surface area (Å²) in [7, 11) is 1.43. The summed E-state index contributed by atoms with van der Waals surface area (Å²) in [6.07, 6.45) is -0.136. The number of anilines is 1. The Bertz CT molecular complexity index is 1350. The molecule has 0 saturated carbocycles. The van der Waals surface area contributed by atoms with E-state index in [0.29, 0.717) is 42.6 Å². The van der Waals surface area contributed by atoms with Gasteiger partial charge in [-0.3, -0.25) is 10.1 Å². The number of carbonyl (C=O) groups is 2. The average molecular weight is 644 g/mol. The van der Waals surface area contributed by atoms with Crippen LogP contribution in [0.1, 0.15) is 60.9 Å². The van der Waals surface area contributed by atoms with Crippen LogP contribution in [0.3, 0.4) is 0 Å². The number of likely N-dealkylation sites (tertiary alicyclic amines) is 1. The highest BCUT2D eigenvalue weighted by atomic mass is 32.1. The number of rotatable bonds is 9. The van der Waals surface area contributed by atoms with Gasteiger partial charge in [0.1, 0.15) is 0 Å². The van der Waals surface area contributed by atoms with Crippen molar-refractivity contribution in [1.82, 2.24) is 20.5 Å². The first-order valence-electron chi connectivity index (χ1n) is 14.3. The van der Waals surface area contributed by atoms with Crippen molar-refractivity contribution in [2.45, 2.75) is 57.4 Å². The summed E-state index contributed by atoms with van der Waals surface area (Å²) in [5, 5.41) is 9.32. The van der Waals surface area contributed by atoms with Gasteiger partial charge in [0.25, 0.3) is 0 Å². The zero-order valence-corrected chi connectivity index (χ0v) is 25.1. The molecule has 2 heterocycles. The van der Waals surface area contributed by atoms with Crippen molar-refractivity contribution in [3.05, 3.63) is 69.8 Å². The number of alkyl halides is 6. The molecule has 3 N–H and O–H groups in total. The van der Waals surface area contributed by atoms with Gasteiger partial charge in [-0.2, -0.15) is 26.3 Å². The molecule has 1 fully saturated rings. The number of carbonyl (C=O) groups excluding carboxylic acids is 2. The van der Waals surface area contributed by atoms with Crippen LogP contribution in [-0.4, -0.2) is 48.5 Å². The van der Waals surface area contributed by atoms with E-state index < -0.39 is 47.9 Å². The van der Waals surface area contributed by atoms with Gasteiger partial charge in [-0.25, -0.2) is 9.78 Å². The van der Waals surface area contributed by atoms with E-state index in [9.17, 15) is 35.9 Å². The molecule has 14 heteroatoms. The molecule has 2 aromatic rings. The van der Waals surface area contributed by atoms with Gasteiger partial charge in [-0.15, -0.1) is 11.3 Å². The molecular weight excluding hydrogens is 608 g/mol. The third kappa shape index (κ3) is 9.07. The van der Waals surface area contributed by atoms with Crippen molar-refractivity contribution < 1.29 is 35.9 Å². The van der Waals surface area contributed by atoms with Gasteiger partial charge in [-0.1, -0.05) is 30.7 Å². The average Bonchev–Trinajstić information content (AvgIpc) is 3.43. The zero-order chi connectivity index (χ0) is 32.1. The van der Waals surface area contributed by atoms with E-state index in [1.807, 2.05) is 0 Å². The number of piperidine rings is 1. The molecule has 2 atom stereocenters. The minimum absolute atomic E-state index is 0.0512. The molecule has 1 aromatic heterocycles. The van der Waals surface area contributed by atoms with E-state index in [-0.39, 0.29) is 16.8 Å². The predicted octanol–water partition coefficient (Wildman–Crippen LogP) is 6.96. The lowest BCUT2D eigenvalue weighted by Crippen LogP contribution is -2.37. The lowest BCUT2D eigenvalue weighted by molar-refractivity contribution is -0.143. The molecular formula is C30H35F6N5O2S. The van der Waals surface area contributed by atoms with E-state index in [0.717, 1.165) is 43.7 Å². The molecule has 2 aliphatic rings. The second-order valence-electron chi connectivity index (χ2n) is 11.2. The minimum Gasteiger partial charge on any atom is -0.351 e. The van der Waals surface area contributed by atoms with E-state index in [1.54, 1.807) is 5.38 Å². The maximum Gasteiger partial charge on any atom is 0.416 e. The number of urea groups is 1. The number of amides is 3. The number of hydrogen-bond donors (Lipinski definition) is 3. The number of benzene rings is 1. The normalized spacial score (nSPS) is 18.9. The Morgan fingerprint density at radius 1 is 1.07 bits per heavy atom. The van der Waals surface area contributed by atoms with Crippen LogP contribution in [0.4, 0.5) is 36.3 Å². The summed E-state index contributed by atoms with van der Waals surface area (Å²) in [6, 6.07) is 0.746. The van der Waals surface area contributed by atoms with Crippen molar-refractivity contribution in [3.63, 3.8) is 0 Å². The molecule has 1 aromatic carbocycles. The summed E-state index contributed by atoms with van der Waals surface area (Å²) in [5.41, 5.74) is -1.42. The van der Waals surface area contributed by atoms with E-state index in [4.69, 9.17) is 0 Å². The van der Waals surface area contributed by atoms with Crippen molar-refractivity contribution in [1.29, 1.82) is 0 Å². The maximum atomic E-state index is 13.4. The van der Waals surface area contributed by atoms with Gasteiger partial charge in [-0.05, 0) is 80.9 Å². The third-order valence-corrected chi connectivity index (χ3v) is 8.69. The van der Waals surface area contributed by atoms with E-state index in [2.05, 4.69) is 51.0 Å². The van der Waals surface area contributed by atoms with Gasteiger partial charge >= 0.3 is 18.4 Å². The summed E-state index contributed by atoms with van der Waals surface area (Å²) in [5.74, 6) is -0.409. The SMILES string of the molecule is CNC(=O)Nc1nc(C(CCN2CCC(C3=CC=CC(C)C3)CC2)C(=O)NCc2cc(C(F)(F)F)cc(C(F)(F)F)c2)cs1. The quantitative estimate of drug-likeness (QED) is 0.258. The molecule has 0 radical (unpaired) electrons. The van der Waals surface area contributed by atoms with Crippen LogP contribution in [0, 0.1) is 11.8 Å². The highest BCUT2D eigenvalue weighted by Gasteiger charge is 2.37. The van der Waals surface area contributed by atoms with Gasteiger partial charge in [0.15, 0.2) is 5.13 Å². The summed E-state index contributed by atoms with van der Waals surface area (Å²) in [4.78, 5) is 31.8. The molecule has 1 aliphatic carbocycles. The zero-order valence-electron chi connectivity index (χ0n) is 24.3. The Morgan fingerprint density at radius 3 is 2.32 bits per heavy atom. The van der Waals surface area contributed by atoms with Crippen LogP contribution in [0.25, 0.3) is 0 Å². The lowest BCUT2D eigenvalue weighted by atomic mass is 9.82. The second-order valence-corrected chi connectivity index (χ2v) is 12.0. The summed E-state index contributed by atoms with van der Waals surface area (Å²) >= 11 is 1.10. The Kier molecular flexibility index (Phi) is 10.8. The first-order valence-corrected chi connectivity index (χ1v) is 15.2. The standard InChI is InChI=1S/C30H35F6N5O2S/c1-18-4-3-5-21(12-18)20-6-9-41(10-7-20)11-8-24(25-17-44-28(39-25)40-27(43)37-2)26(42)38-16-19-13-22(29(31,32)33)15-23(14-19)30(34,35)36/h3-5,13-15,17-18,20,24H,6-12,16H2,1-2H3,(H,38,42)(H2,37,39,40,43). The molecule has 3 amide bonds. The van der Waals surface area contributed by atoms with E-state index in [1.165, 1.54) is 12.6 Å². The van der Waals surface area contributed by atoms with Crippen LogP contribution in [-0.2, 0) is 23.7 Å². The fraction of sp³-hybridized carbons (Fsp3) is 0.500. The van der Waals surface area contributed by atoms with Crippen LogP contribution in [0.2, 0.25) is 0 Å². The monoisotopic (exact) mass is 643 g/mol. The molecule has 240 valence electrons. The maximum absolute atomic E-state index is 13.4. The number of aromatic nitrogens is 1. The molecule has 1 saturated heterocycles. The number of allylic oxidation sites excluding steroid dienone is 4. The van der Waals surface area contributed by atoms with Crippen LogP contribution >= 0.6 is 11.3 Å². The molecule has 0 spiro atoms. The number of nitrogens with zero attached hydrogens (tertiary/aromatic N) is 2. The first-order chi connectivity index (χ1) is 20.7. The third-order valence-electron chi connectivity index (χ3n) is 7.91. The molecule has 1 aliphatic heterocycles. The Morgan fingerprint density at radius 2 is 1.73 bits per heavy atom. The van der Waals surface area contributed by atoms with Gasteiger partial charge < -0.3 is 15.5 Å². The minimum atomic E-state index is -4.99. The van der Waals surface area contributed by atoms with E-state index >= 15 is 0 Å². The van der Waals surface area contributed by atoms with Crippen LogP contribution in [0.5, 0.6) is 0 Å². The van der Waals surface area contributed by atoms with Gasteiger partial charge in [0.05, 0.1) is 22.7 Å². The number of halogens is 6. The van der Waals surface area contributed by atoms with Crippen LogP contribution < -0.4 is 16.0 Å². The van der Waals surface area contributed by atoms with Crippen molar-refractivity contribution in [3.8, 4) is 0 Å². The molecule has 2 unspecified atom stereocenters. The van der Waals surface area contributed by atoms with Crippen molar-refractivity contribution in [2.24, 2.45) is 11.8 Å². The highest BCUT2D eigenvalue weighted by molar-refractivity contribution is 7.14. The summed E-state index contributed by atoms with van der Waals surface area (Å²) in [6.45, 7) is 3.86. The number of hydrogen-bond acceptors (Lipinski definition) is 5. The smallest absolute Gasteiger partial charge is 0.351 e. The molecule has 7 nitrogen and oxygen atoms in total. The van der Waals surface area contributed by atoms with Gasteiger partial charge in [0, 0.05) is 19.0 Å². The number of thiazole rings is 1. The van der Waals surface area contributed by atoms with Gasteiger partial charge in [0.2, 0.25) is 5.91 Å². The Labute approximate surface area is 255 Å². The molecule has 4 rings (SSSR count). The van der Waals surface area contributed by atoms with Crippen molar-refractivity contribution >= 4 is 28.4 Å². The second kappa shape index (κ2) is 14.1. The summed E-state index contributed by atoms with van der Waals surface area (Å²) < 4.78 is 79.9. The van der Waals surface area contributed by atoms with Crippen molar-refractivity contribution in [2.75, 3.05) is 32.0 Å². The lowest BCUT2D eigenvalue weighted by Gasteiger charge is -2.34. The largest absolute Gasteiger partial charge is 0.416 e. The topological polar surface area (TPSA) is 86.4 Å². The first kappa shape index (κ1) is 33.5. The fourth-order valence-corrected chi connectivity index (χ4v) is 6.29. The predicted molar refractivity (Wildman–Crippen MR) is 156 cm³/mol. The molecule has 44 heavy (non-hydrogen) atoms. The highest BCUT2D eigenvalue weighted by Crippen LogP contribution is 2.37. The molecule has 0 bridgehead atoms. The van der Waals surface area contributed by atoms with Crippen LogP contribution in [0.15, 0.2) is 47.4 Å². The fourth-order valence-electron chi connectivity index (χ4n) is 5.53. The number of nitrogens with one attached hydrogen (secondary N) is 3.